The van der Waals surface area contributed by atoms with Crippen LogP contribution in [0.4, 0.5) is 10.1 Å². The Hall–Kier alpha value is -3.92. The summed E-state index contributed by atoms with van der Waals surface area (Å²) in [5, 5.41) is 10.6. The molecule has 3 aliphatic carbocycles. The topological polar surface area (TPSA) is 179 Å². The Morgan fingerprint density at radius 3 is 2.53 bits per heavy atom. The first kappa shape index (κ1) is 33.6. The fourth-order valence-electron chi connectivity index (χ4n) is 7.50. The van der Waals surface area contributed by atoms with Crippen LogP contribution in [0.1, 0.15) is 86.1 Å². The predicted octanol–water partition coefficient (Wildman–Crippen LogP) is 3.08. The third-order valence-corrected chi connectivity index (χ3v) is 12.1. The summed E-state index contributed by atoms with van der Waals surface area (Å²) in [7, 11) is -4.16. The number of anilines is 1. The van der Waals surface area contributed by atoms with Gasteiger partial charge in [-0.15, -0.1) is 0 Å². The van der Waals surface area contributed by atoms with Gasteiger partial charge >= 0.3 is 0 Å². The van der Waals surface area contributed by atoms with E-state index in [1.807, 2.05) is 13.8 Å². The number of halogens is 1. The van der Waals surface area contributed by atoms with Gasteiger partial charge in [0.05, 0.1) is 47.2 Å². The van der Waals surface area contributed by atoms with Crippen LogP contribution < -0.4 is 26.0 Å². The minimum atomic E-state index is -4.16. The fraction of sp³-hybridized carbons (Fsp3) is 0.529. The highest BCUT2D eigenvalue weighted by Gasteiger charge is 2.53. The number of carbonyl (C=O) groups excluding carboxylic acids is 2. The maximum atomic E-state index is 15.7. The van der Waals surface area contributed by atoms with Crippen molar-refractivity contribution in [1.82, 2.24) is 20.8 Å². The van der Waals surface area contributed by atoms with Gasteiger partial charge in [0, 0.05) is 24.0 Å². The highest BCUT2D eigenvalue weighted by molar-refractivity contribution is 7.91. The average molecular weight is 697 g/mol. The van der Waals surface area contributed by atoms with E-state index in [0.717, 1.165) is 12.6 Å². The van der Waals surface area contributed by atoms with Gasteiger partial charge < -0.3 is 35.3 Å². The van der Waals surface area contributed by atoms with Crippen LogP contribution in [-0.4, -0.2) is 73.5 Å². The number of hydrogen-bond donors (Lipinski definition) is 3. The number of aromatic nitrogens is 2. The summed E-state index contributed by atoms with van der Waals surface area (Å²) in [6.07, 6.45) is 3.67. The molecule has 13 nitrogen and oxygen atoms in total. The molecule has 3 heterocycles. The zero-order valence-electron chi connectivity index (χ0n) is 27.5. The lowest BCUT2D eigenvalue weighted by molar-refractivity contribution is -0.119. The molecular weight excluding hydrogens is 655 g/mol. The lowest BCUT2D eigenvalue weighted by atomic mass is 9.57. The zero-order chi connectivity index (χ0) is 34.6. The fourth-order valence-corrected chi connectivity index (χ4v) is 9.07. The summed E-state index contributed by atoms with van der Waals surface area (Å²) in [5.41, 5.74) is 5.41. The molecule has 4 fully saturated rings. The van der Waals surface area contributed by atoms with Crippen LogP contribution in [0.25, 0.3) is 0 Å². The maximum absolute atomic E-state index is 15.7. The minimum absolute atomic E-state index is 0.0325. The summed E-state index contributed by atoms with van der Waals surface area (Å²) in [6, 6.07) is 7.65. The third-order valence-electron chi connectivity index (χ3n) is 10.3. The Labute approximate surface area is 284 Å². The molecule has 0 spiro atoms. The maximum Gasteiger partial charge on any atom is 0.254 e. The molecule has 1 unspecified atom stereocenters. The molecule has 15 heteroatoms. The number of sulfone groups is 1. The Balaban J connectivity index is 1.12. The van der Waals surface area contributed by atoms with Gasteiger partial charge in [-0.25, -0.2) is 12.8 Å². The first-order valence-electron chi connectivity index (χ1n) is 16.7. The van der Waals surface area contributed by atoms with Crippen molar-refractivity contribution in [3.63, 3.8) is 0 Å². The standard InChI is InChI=1S/C34H41FN6O7S/c1-20(2)47-22-5-3-21(4-6-22)18-41-26-15-23(24(35)16-28(26)49(44,45)19-25(36)31(41)43)30(42)39-34-10-7-33(8-11-34,9-12-34)32-38-29(40-48-32)27-17-37-13-14-46-27/h3-6,15-16,20,25,27,37H,7-14,17-19,36H2,1-2H3,(H,39,42)/t25-,27?,33?,34?/m0/s1. The molecule has 49 heavy (non-hydrogen) atoms. The van der Waals surface area contributed by atoms with Crippen molar-refractivity contribution in [3.05, 3.63) is 65.1 Å². The van der Waals surface area contributed by atoms with E-state index in [2.05, 4.69) is 15.8 Å². The SMILES string of the molecule is CC(C)Oc1ccc(CN2C(=O)[C@@H](N)CS(=O)(=O)c3cc(F)c(C(=O)NC45CCC(c6nc(C7CNCCO7)no6)(CC4)CC5)cc32)cc1. The van der Waals surface area contributed by atoms with Crippen LogP contribution in [0.3, 0.4) is 0 Å². The number of amides is 2. The lowest BCUT2D eigenvalue weighted by Crippen LogP contribution is -2.58. The molecule has 1 saturated heterocycles. The first-order valence-corrected chi connectivity index (χ1v) is 18.4. The van der Waals surface area contributed by atoms with Crippen molar-refractivity contribution in [2.24, 2.45) is 5.73 Å². The number of nitrogens with two attached hydrogens (primary N) is 1. The second-order valence-electron chi connectivity index (χ2n) is 14.0. The van der Waals surface area contributed by atoms with E-state index in [4.69, 9.17) is 24.7 Å². The molecule has 2 aromatic carbocycles. The van der Waals surface area contributed by atoms with Gasteiger partial charge in [-0.1, -0.05) is 17.3 Å². The Morgan fingerprint density at radius 1 is 1.16 bits per heavy atom. The van der Waals surface area contributed by atoms with E-state index in [9.17, 15) is 18.0 Å². The van der Waals surface area contributed by atoms with Crippen molar-refractivity contribution in [2.45, 2.75) is 93.0 Å². The molecule has 1 aromatic heterocycles. The molecule has 3 aromatic rings. The van der Waals surface area contributed by atoms with E-state index >= 15 is 4.39 Å². The van der Waals surface area contributed by atoms with E-state index < -0.39 is 44.8 Å². The quantitative estimate of drug-likeness (QED) is 0.315. The van der Waals surface area contributed by atoms with Gasteiger partial charge in [-0.3, -0.25) is 9.59 Å². The third kappa shape index (κ3) is 6.44. The molecule has 2 bridgehead atoms. The number of carbonyl (C=O) groups is 2. The molecule has 3 saturated carbocycles. The van der Waals surface area contributed by atoms with Gasteiger partial charge in [0.1, 0.15) is 17.7 Å². The number of benzene rings is 2. The molecule has 5 aliphatic rings. The number of rotatable bonds is 8. The van der Waals surface area contributed by atoms with Gasteiger partial charge in [0.2, 0.25) is 17.6 Å². The molecule has 2 amide bonds. The zero-order valence-corrected chi connectivity index (χ0v) is 28.4. The molecule has 2 aliphatic heterocycles. The van der Waals surface area contributed by atoms with Crippen LogP contribution >= 0.6 is 0 Å². The van der Waals surface area contributed by atoms with Crippen molar-refractivity contribution < 1.29 is 36.4 Å². The molecule has 262 valence electrons. The summed E-state index contributed by atoms with van der Waals surface area (Å²) >= 11 is 0. The van der Waals surface area contributed by atoms with Gasteiger partial charge in [-0.05, 0) is 82.2 Å². The average Bonchev–Trinajstić information content (AvgIpc) is 3.58. The Bertz CT molecular complexity index is 1830. The van der Waals surface area contributed by atoms with Crippen molar-refractivity contribution >= 4 is 27.3 Å². The van der Waals surface area contributed by atoms with Crippen LogP contribution in [0.15, 0.2) is 45.8 Å². The van der Waals surface area contributed by atoms with Crippen molar-refractivity contribution in [3.8, 4) is 5.75 Å². The Morgan fingerprint density at radius 2 is 1.88 bits per heavy atom. The number of morpholine rings is 1. The number of nitrogens with zero attached hydrogens (tertiary/aromatic N) is 3. The smallest absolute Gasteiger partial charge is 0.254 e. The van der Waals surface area contributed by atoms with E-state index in [1.165, 1.54) is 11.0 Å². The first-order chi connectivity index (χ1) is 23.4. The van der Waals surface area contributed by atoms with E-state index in [1.54, 1.807) is 24.3 Å². The van der Waals surface area contributed by atoms with Crippen LogP contribution in [0, 0.1) is 5.82 Å². The highest BCUT2D eigenvalue weighted by atomic mass is 32.2. The van der Waals surface area contributed by atoms with E-state index in [0.29, 0.717) is 74.7 Å². The minimum Gasteiger partial charge on any atom is -0.491 e. The highest BCUT2D eigenvalue weighted by Crippen LogP contribution is 2.53. The summed E-state index contributed by atoms with van der Waals surface area (Å²) in [5.74, 6) is -1.25. The number of fused-ring (bicyclic) bond motifs is 4. The second-order valence-corrected chi connectivity index (χ2v) is 16.0. The van der Waals surface area contributed by atoms with Crippen molar-refractivity contribution in [2.75, 3.05) is 30.3 Å². The lowest BCUT2D eigenvalue weighted by Gasteiger charge is -2.52. The van der Waals surface area contributed by atoms with Crippen LogP contribution in [-0.2, 0) is 31.3 Å². The second kappa shape index (κ2) is 12.8. The number of hydrogen-bond acceptors (Lipinski definition) is 11. The molecule has 4 N–H and O–H groups in total. The molecule has 2 atom stereocenters. The monoisotopic (exact) mass is 696 g/mol. The Kier molecular flexibility index (Phi) is 8.74. The van der Waals surface area contributed by atoms with Gasteiger partial charge in [0.25, 0.3) is 5.91 Å². The van der Waals surface area contributed by atoms with Gasteiger partial charge in [-0.2, -0.15) is 4.98 Å². The predicted molar refractivity (Wildman–Crippen MR) is 175 cm³/mol. The number of nitrogens with one attached hydrogen (secondary N) is 2. The molecular formula is C34H41FN6O7S. The molecule has 0 radical (unpaired) electrons. The van der Waals surface area contributed by atoms with Crippen LogP contribution in [0.2, 0.25) is 0 Å². The largest absolute Gasteiger partial charge is 0.491 e. The number of ether oxygens (including phenoxy) is 2. The summed E-state index contributed by atoms with van der Waals surface area (Å²) in [4.78, 5) is 32.9. The van der Waals surface area contributed by atoms with E-state index in [-0.39, 0.29) is 40.3 Å². The van der Waals surface area contributed by atoms with Crippen molar-refractivity contribution in [1.29, 1.82) is 0 Å². The molecule has 8 rings (SSSR count). The van der Waals surface area contributed by atoms with Gasteiger partial charge in [0.15, 0.2) is 9.84 Å². The normalized spacial score (nSPS) is 27.9. The summed E-state index contributed by atoms with van der Waals surface area (Å²) in [6.45, 7) is 5.74. The summed E-state index contributed by atoms with van der Waals surface area (Å²) < 4.78 is 59.6. The van der Waals surface area contributed by atoms with Crippen LogP contribution in [0.5, 0.6) is 5.75 Å².